The Hall–Kier alpha value is -3.38. The lowest BCUT2D eigenvalue weighted by Gasteiger charge is -2.16. The van der Waals surface area contributed by atoms with E-state index in [2.05, 4.69) is 117 Å². The Labute approximate surface area is 172 Å². The number of hydrogen-bond donors (Lipinski definition) is 0. The summed E-state index contributed by atoms with van der Waals surface area (Å²) < 4.78 is 0. The van der Waals surface area contributed by atoms with Crippen molar-refractivity contribution in [2.45, 2.75) is 19.8 Å². The molecule has 5 rings (SSSR count). The van der Waals surface area contributed by atoms with Gasteiger partial charge in [0.25, 0.3) is 0 Å². The zero-order valence-electron chi connectivity index (χ0n) is 16.9. The average molecular weight is 373 g/mol. The van der Waals surface area contributed by atoms with Crippen molar-refractivity contribution in [3.05, 3.63) is 109 Å². The van der Waals surface area contributed by atoms with Crippen LogP contribution in [-0.2, 0) is 0 Å². The summed E-state index contributed by atoms with van der Waals surface area (Å²) in [5.41, 5.74) is 6.51. The van der Waals surface area contributed by atoms with Gasteiger partial charge >= 0.3 is 0 Å². The van der Waals surface area contributed by atoms with Gasteiger partial charge in [-0.2, -0.15) is 0 Å². The highest BCUT2D eigenvalue weighted by Crippen LogP contribution is 2.39. The summed E-state index contributed by atoms with van der Waals surface area (Å²) >= 11 is 0. The van der Waals surface area contributed by atoms with E-state index >= 15 is 0 Å². The van der Waals surface area contributed by atoms with E-state index in [4.69, 9.17) is 0 Å². The molecule has 0 saturated carbocycles. The Bertz CT molecular complexity index is 1310. The number of hydrogen-bond acceptors (Lipinski definition) is 0. The van der Waals surface area contributed by atoms with E-state index < -0.39 is 0 Å². The van der Waals surface area contributed by atoms with E-state index in [1.165, 1.54) is 49.4 Å². The van der Waals surface area contributed by atoms with Gasteiger partial charge in [0.2, 0.25) is 0 Å². The van der Waals surface area contributed by atoms with E-state index in [1.807, 2.05) is 0 Å². The number of rotatable bonds is 3. The topological polar surface area (TPSA) is 0 Å². The first kappa shape index (κ1) is 17.7. The molecule has 0 aliphatic rings. The molecule has 0 heterocycles. The highest BCUT2D eigenvalue weighted by Gasteiger charge is 2.13. The summed E-state index contributed by atoms with van der Waals surface area (Å²) in [6.07, 6.45) is 0. The minimum absolute atomic E-state index is 0.542. The van der Waals surface area contributed by atoms with Crippen LogP contribution in [0.3, 0.4) is 0 Å². The standard InChI is InChI=1S/C29H24/c1-20(2)21-11-14-24(15-12-21)28-18-17-23-8-5-6-10-27(23)29(28)26-16-13-22-7-3-4-9-25(22)19-26/h3-20H,1-2H3. The molecule has 0 radical (unpaired) electrons. The third kappa shape index (κ3) is 3.21. The minimum Gasteiger partial charge on any atom is -0.0616 e. The summed E-state index contributed by atoms with van der Waals surface area (Å²) in [6.45, 7) is 4.48. The fourth-order valence-corrected chi connectivity index (χ4v) is 4.22. The van der Waals surface area contributed by atoms with Crippen LogP contribution >= 0.6 is 0 Å². The van der Waals surface area contributed by atoms with Crippen molar-refractivity contribution in [1.82, 2.24) is 0 Å². The van der Waals surface area contributed by atoms with Crippen LogP contribution in [0.25, 0.3) is 43.8 Å². The largest absolute Gasteiger partial charge is 0.0616 e. The van der Waals surface area contributed by atoms with Gasteiger partial charge in [-0.05, 0) is 61.3 Å². The smallest absolute Gasteiger partial charge is 0.00266 e. The lowest BCUT2D eigenvalue weighted by Crippen LogP contribution is -1.90. The lowest BCUT2D eigenvalue weighted by atomic mass is 9.88. The lowest BCUT2D eigenvalue weighted by molar-refractivity contribution is 0.867. The van der Waals surface area contributed by atoms with Crippen molar-refractivity contribution < 1.29 is 0 Å². The van der Waals surface area contributed by atoms with Gasteiger partial charge < -0.3 is 0 Å². The molecule has 0 aromatic heterocycles. The molecule has 0 saturated heterocycles. The van der Waals surface area contributed by atoms with Gasteiger partial charge in [0.1, 0.15) is 0 Å². The maximum Gasteiger partial charge on any atom is -0.00266 e. The fraction of sp³-hybridized carbons (Fsp3) is 0.103. The van der Waals surface area contributed by atoms with E-state index in [9.17, 15) is 0 Å². The molecule has 0 heteroatoms. The predicted molar refractivity (Wildman–Crippen MR) is 126 cm³/mol. The van der Waals surface area contributed by atoms with Gasteiger partial charge in [-0.3, -0.25) is 0 Å². The van der Waals surface area contributed by atoms with Crippen molar-refractivity contribution in [3.63, 3.8) is 0 Å². The molecule has 5 aromatic rings. The molecule has 0 aliphatic carbocycles. The molecule has 0 atom stereocenters. The number of fused-ring (bicyclic) bond motifs is 2. The summed E-state index contributed by atoms with van der Waals surface area (Å²) in [5, 5.41) is 5.13. The Morgan fingerprint density at radius 2 is 1.14 bits per heavy atom. The van der Waals surface area contributed by atoms with Gasteiger partial charge in [0, 0.05) is 0 Å². The van der Waals surface area contributed by atoms with Crippen LogP contribution in [0.2, 0.25) is 0 Å². The maximum absolute atomic E-state index is 2.32. The first-order valence-corrected chi connectivity index (χ1v) is 10.3. The van der Waals surface area contributed by atoms with E-state index in [0.29, 0.717) is 5.92 Å². The molecular weight excluding hydrogens is 348 g/mol. The Morgan fingerprint density at radius 1 is 0.517 bits per heavy atom. The monoisotopic (exact) mass is 372 g/mol. The quantitative estimate of drug-likeness (QED) is 0.298. The Morgan fingerprint density at radius 3 is 1.90 bits per heavy atom. The van der Waals surface area contributed by atoms with Crippen molar-refractivity contribution >= 4 is 21.5 Å². The van der Waals surface area contributed by atoms with Gasteiger partial charge in [-0.15, -0.1) is 0 Å². The molecule has 5 aromatic carbocycles. The summed E-state index contributed by atoms with van der Waals surface area (Å²) in [6, 6.07) is 37.7. The van der Waals surface area contributed by atoms with Crippen LogP contribution in [-0.4, -0.2) is 0 Å². The minimum atomic E-state index is 0.542. The SMILES string of the molecule is CC(C)c1ccc(-c2ccc3ccccc3c2-c2ccc3ccccc3c2)cc1. The highest BCUT2D eigenvalue weighted by atomic mass is 14.2. The molecule has 0 amide bonds. The van der Waals surface area contributed by atoms with Crippen molar-refractivity contribution in [2.75, 3.05) is 0 Å². The van der Waals surface area contributed by atoms with Gasteiger partial charge in [0.05, 0.1) is 0 Å². The Kier molecular flexibility index (Phi) is 4.41. The second-order valence-corrected chi connectivity index (χ2v) is 8.05. The third-order valence-electron chi connectivity index (χ3n) is 5.86. The van der Waals surface area contributed by atoms with Crippen LogP contribution in [0.4, 0.5) is 0 Å². The average Bonchev–Trinajstić information content (AvgIpc) is 2.78. The maximum atomic E-state index is 2.32. The third-order valence-corrected chi connectivity index (χ3v) is 5.86. The molecule has 0 N–H and O–H groups in total. The second kappa shape index (κ2) is 7.22. The molecule has 0 spiro atoms. The zero-order chi connectivity index (χ0) is 19.8. The van der Waals surface area contributed by atoms with E-state index in [1.54, 1.807) is 0 Å². The van der Waals surface area contributed by atoms with Crippen LogP contribution in [0.5, 0.6) is 0 Å². The molecule has 0 bridgehead atoms. The number of benzene rings is 5. The molecule has 0 fully saturated rings. The van der Waals surface area contributed by atoms with E-state index in [0.717, 1.165) is 0 Å². The van der Waals surface area contributed by atoms with Crippen LogP contribution < -0.4 is 0 Å². The molecule has 0 aliphatic heterocycles. The molecular formula is C29H24. The first-order valence-electron chi connectivity index (χ1n) is 10.3. The van der Waals surface area contributed by atoms with Gasteiger partial charge in [-0.25, -0.2) is 0 Å². The van der Waals surface area contributed by atoms with Gasteiger partial charge in [0.15, 0.2) is 0 Å². The van der Waals surface area contributed by atoms with Gasteiger partial charge in [-0.1, -0.05) is 111 Å². The fourth-order valence-electron chi connectivity index (χ4n) is 4.22. The molecule has 0 nitrogen and oxygen atoms in total. The van der Waals surface area contributed by atoms with Crippen LogP contribution in [0.15, 0.2) is 103 Å². The normalized spacial score (nSPS) is 11.4. The highest BCUT2D eigenvalue weighted by molar-refractivity contribution is 6.05. The molecule has 140 valence electrons. The summed E-state index contributed by atoms with van der Waals surface area (Å²) in [4.78, 5) is 0. The predicted octanol–water partition coefficient (Wildman–Crippen LogP) is 8.45. The zero-order valence-corrected chi connectivity index (χ0v) is 16.9. The van der Waals surface area contributed by atoms with Crippen molar-refractivity contribution in [2.24, 2.45) is 0 Å². The van der Waals surface area contributed by atoms with Crippen LogP contribution in [0, 0.1) is 0 Å². The second-order valence-electron chi connectivity index (χ2n) is 8.05. The first-order chi connectivity index (χ1) is 14.2. The van der Waals surface area contributed by atoms with Crippen LogP contribution in [0.1, 0.15) is 25.3 Å². The Balaban J connectivity index is 1.78. The summed E-state index contributed by atoms with van der Waals surface area (Å²) in [5.74, 6) is 0.542. The van der Waals surface area contributed by atoms with Crippen molar-refractivity contribution in [1.29, 1.82) is 0 Å². The molecule has 29 heavy (non-hydrogen) atoms. The van der Waals surface area contributed by atoms with E-state index in [-0.39, 0.29) is 0 Å². The summed E-state index contributed by atoms with van der Waals surface area (Å²) in [7, 11) is 0. The van der Waals surface area contributed by atoms with Crippen molar-refractivity contribution in [3.8, 4) is 22.3 Å². The molecule has 0 unspecified atom stereocenters.